The summed E-state index contributed by atoms with van der Waals surface area (Å²) in [5.74, 6) is 2.05. The Balaban J connectivity index is 3.79. The van der Waals surface area contributed by atoms with E-state index >= 15 is 0 Å². The maximum Gasteiger partial charge on any atom is -0.0476 e. The zero-order valence-electron chi connectivity index (χ0n) is 4.73. The fourth-order valence-corrected chi connectivity index (χ4v) is 0. The molecule has 0 unspecified atom stereocenters. The molecule has 0 aliphatic heterocycles. The standard InChI is InChI=1S/C5H12P/c1-5-6(2,3)4/h5H,1H2,2-4H3/q-1. The van der Waals surface area contributed by atoms with Crippen molar-refractivity contribution in [2.45, 2.75) is 0 Å². The summed E-state index contributed by atoms with van der Waals surface area (Å²) in [5, 5.41) is 0. The van der Waals surface area contributed by atoms with E-state index in [2.05, 4.69) is 26.9 Å². The van der Waals surface area contributed by atoms with Crippen molar-refractivity contribution in [1.29, 1.82) is 0 Å². The number of hydrogen-bond acceptors (Lipinski definition) is 0. The third kappa shape index (κ3) is 4.30. The van der Waals surface area contributed by atoms with Crippen LogP contribution in [0, 0.1) is 6.92 Å². The van der Waals surface area contributed by atoms with Crippen LogP contribution in [-0.2, 0) is 0 Å². The first-order valence-corrected chi connectivity index (χ1v) is 5.21. The summed E-state index contributed by atoms with van der Waals surface area (Å²) in [5.41, 5.74) is 0. The van der Waals surface area contributed by atoms with Gasteiger partial charge in [0.2, 0.25) is 0 Å². The van der Waals surface area contributed by atoms with E-state index in [0.29, 0.717) is 0 Å². The smallest absolute Gasteiger partial charge is 0.0476 e. The number of rotatable bonds is 0. The van der Waals surface area contributed by atoms with Crippen LogP contribution in [0.25, 0.3) is 0 Å². The maximum atomic E-state index is 3.68. The molecular weight excluding hydrogens is 91.0 g/mol. The summed E-state index contributed by atoms with van der Waals surface area (Å²) >= 11 is 0. The van der Waals surface area contributed by atoms with Gasteiger partial charge in [-0.2, -0.15) is 0 Å². The lowest BCUT2D eigenvalue weighted by Gasteiger charge is -2.05. The molecule has 0 radical (unpaired) electrons. The second kappa shape index (κ2) is 1.84. The molecular formula is C5H12P-. The predicted molar refractivity (Wildman–Crippen MR) is 36.1 cm³/mol. The molecule has 0 rings (SSSR count). The lowest BCUT2D eigenvalue weighted by Crippen LogP contribution is -1.71. The molecule has 0 aliphatic rings. The van der Waals surface area contributed by atoms with E-state index in [1.54, 1.807) is 0 Å². The van der Waals surface area contributed by atoms with Crippen LogP contribution >= 0.6 is 6.89 Å². The van der Waals surface area contributed by atoms with E-state index < -0.39 is 6.89 Å². The van der Waals surface area contributed by atoms with Crippen molar-refractivity contribution in [3.05, 3.63) is 6.92 Å². The molecule has 0 nitrogen and oxygen atoms in total. The molecule has 0 heterocycles. The molecule has 0 spiro atoms. The van der Waals surface area contributed by atoms with Crippen molar-refractivity contribution in [3.63, 3.8) is 0 Å². The van der Waals surface area contributed by atoms with Crippen LogP contribution in [0.2, 0.25) is 0 Å². The molecule has 0 atom stereocenters. The second-order valence-corrected chi connectivity index (χ2v) is 6.90. The molecule has 0 aromatic carbocycles. The molecule has 0 aromatic heterocycles. The van der Waals surface area contributed by atoms with Gasteiger partial charge in [-0.1, -0.05) is 0 Å². The van der Waals surface area contributed by atoms with Gasteiger partial charge in [0.15, 0.2) is 0 Å². The quantitative estimate of drug-likeness (QED) is 0.322. The normalized spacial score (nSPS) is 11.3. The molecule has 0 bridgehead atoms. The average molecular weight is 103 g/mol. The lowest BCUT2D eigenvalue weighted by molar-refractivity contribution is 2.10. The molecule has 0 fully saturated rings. The summed E-state index contributed by atoms with van der Waals surface area (Å²) in [6, 6.07) is 0. The fourth-order valence-electron chi connectivity index (χ4n) is 0. The Morgan fingerprint density at radius 1 is 1.33 bits per heavy atom. The highest BCUT2D eigenvalue weighted by atomic mass is 31.2. The largest absolute Gasteiger partial charge is 0.323 e. The Labute approximate surface area is 40.5 Å². The molecule has 0 aliphatic carbocycles. The predicted octanol–water partition coefficient (Wildman–Crippen LogP) is 1.53. The third-order valence-corrected chi connectivity index (χ3v) is 1.64. The molecule has 0 saturated carbocycles. The summed E-state index contributed by atoms with van der Waals surface area (Å²) in [6.45, 7) is 9.76. The van der Waals surface area contributed by atoms with Crippen LogP contribution in [0.1, 0.15) is 0 Å². The Bertz CT molecular complexity index is 67.7. The van der Waals surface area contributed by atoms with Crippen molar-refractivity contribution in [1.82, 2.24) is 0 Å². The van der Waals surface area contributed by atoms with Gasteiger partial charge >= 0.3 is 0 Å². The first-order valence-electron chi connectivity index (χ1n) is 2.01. The van der Waals surface area contributed by atoms with Crippen molar-refractivity contribution < 1.29 is 0 Å². The van der Waals surface area contributed by atoms with Gasteiger partial charge in [0.25, 0.3) is 0 Å². The van der Waals surface area contributed by atoms with Gasteiger partial charge in [0, 0.05) is 0 Å². The van der Waals surface area contributed by atoms with E-state index in [4.69, 9.17) is 0 Å². The SMILES string of the molecule is [CH2-]C=P(C)(C)C. The van der Waals surface area contributed by atoms with E-state index in [9.17, 15) is 0 Å². The molecule has 6 heavy (non-hydrogen) atoms. The monoisotopic (exact) mass is 103 g/mol. The van der Waals surface area contributed by atoms with Gasteiger partial charge < -0.3 is 6.92 Å². The van der Waals surface area contributed by atoms with Crippen LogP contribution in [0.5, 0.6) is 0 Å². The Morgan fingerprint density at radius 3 is 1.50 bits per heavy atom. The minimum Gasteiger partial charge on any atom is -0.323 e. The zero-order valence-corrected chi connectivity index (χ0v) is 5.63. The fraction of sp³-hybridized carbons (Fsp3) is 0.600. The van der Waals surface area contributed by atoms with Crippen LogP contribution in [-0.4, -0.2) is 25.8 Å². The molecule has 1 heteroatoms. The Morgan fingerprint density at radius 2 is 1.50 bits per heavy atom. The van der Waals surface area contributed by atoms with E-state index in [1.165, 1.54) is 0 Å². The molecule has 0 amide bonds. The van der Waals surface area contributed by atoms with Gasteiger partial charge in [-0.15, -0.1) is 6.89 Å². The van der Waals surface area contributed by atoms with Gasteiger partial charge in [-0.25, -0.2) is 5.80 Å². The van der Waals surface area contributed by atoms with Crippen LogP contribution in [0.4, 0.5) is 0 Å². The molecule has 0 N–H and O–H groups in total. The maximum absolute atomic E-state index is 3.68. The second-order valence-electron chi connectivity index (χ2n) is 2.30. The van der Waals surface area contributed by atoms with Gasteiger partial charge in [0.05, 0.1) is 0 Å². The Kier molecular flexibility index (Phi) is 1.93. The van der Waals surface area contributed by atoms with Crippen LogP contribution in [0.3, 0.4) is 0 Å². The Hall–Kier alpha value is 0.300. The van der Waals surface area contributed by atoms with Crippen molar-refractivity contribution in [2.24, 2.45) is 0 Å². The highest BCUT2D eigenvalue weighted by Gasteiger charge is 1.80. The number of hydrogen-bond donors (Lipinski definition) is 0. The first-order chi connectivity index (χ1) is 2.56. The average Bonchev–Trinajstić information content (AvgIpc) is 1.35. The van der Waals surface area contributed by atoms with Crippen molar-refractivity contribution in [2.75, 3.05) is 20.0 Å². The third-order valence-electron chi connectivity index (χ3n) is 0.548. The lowest BCUT2D eigenvalue weighted by atomic mass is 11.0. The van der Waals surface area contributed by atoms with E-state index in [-0.39, 0.29) is 0 Å². The summed E-state index contributed by atoms with van der Waals surface area (Å²) in [7, 11) is 0. The highest BCUT2D eigenvalue weighted by molar-refractivity contribution is 7.72. The minimum absolute atomic E-state index is 0.633. The zero-order chi connectivity index (χ0) is 5.21. The van der Waals surface area contributed by atoms with Crippen molar-refractivity contribution >= 4 is 12.7 Å². The minimum atomic E-state index is -0.633. The molecule has 38 valence electrons. The van der Waals surface area contributed by atoms with E-state index in [0.717, 1.165) is 0 Å². The molecule has 0 saturated heterocycles. The topological polar surface area (TPSA) is 0 Å². The van der Waals surface area contributed by atoms with Gasteiger partial charge in [-0.3, -0.25) is 0 Å². The highest BCUT2D eigenvalue weighted by Crippen LogP contribution is 2.30. The van der Waals surface area contributed by atoms with E-state index in [1.807, 2.05) is 5.80 Å². The summed E-state index contributed by atoms with van der Waals surface area (Å²) in [4.78, 5) is 0. The van der Waals surface area contributed by atoms with Crippen molar-refractivity contribution in [3.8, 4) is 0 Å². The van der Waals surface area contributed by atoms with Crippen LogP contribution in [0.15, 0.2) is 0 Å². The summed E-state index contributed by atoms with van der Waals surface area (Å²) < 4.78 is 0. The van der Waals surface area contributed by atoms with Gasteiger partial charge in [-0.05, 0) is 20.0 Å². The summed E-state index contributed by atoms with van der Waals surface area (Å²) in [6.07, 6.45) is 0. The first kappa shape index (κ1) is 6.30. The van der Waals surface area contributed by atoms with Crippen LogP contribution < -0.4 is 0 Å². The molecule has 0 aromatic rings. The van der Waals surface area contributed by atoms with Gasteiger partial charge in [0.1, 0.15) is 0 Å².